The molecule has 108 valence electrons. The summed E-state index contributed by atoms with van der Waals surface area (Å²) in [5, 5.41) is 1.15. The monoisotopic (exact) mass is 304 g/mol. The second-order valence-electron chi connectivity index (χ2n) is 5.92. The van der Waals surface area contributed by atoms with Gasteiger partial charge in [-0.15, -0.1) is 0 Å². The number of para-hydroxylation sites is 1. The second-order valence-corrected chi connectivity index (χ2v) is 7.57. The lowest BCUT2D eigenvalue weighted by Gasteiger charge is -2.28. The van der Waals surface area contributed by atoms with E-state index in [0.29, 0.717) is 0 Å². The Morgan fingerprint density at radius 3 is 2.64 bits per heavy atom. The highest BCUT2D eigenvalue weighted by Gasteiger charge is 2.28. The largest absolute Gasteiger partial charge is 0.267 e. The third kappa shape index (κ3) is 2.32. The van der Waals surface area contributed by atoms with E-state index in [1.165, 1.54) is 10.5 Å². The Morgan fingerprint density at radius 1 is 0.955 bits per heavy atom. The van der Waals surface area contributed by atoms with E-state index in [0.717, 1.165) is 22.2 Å². The molecule has 0 saturated heterocycles. The molecule has 0 bridgehead atoms. The maximum Gasteiger partial charge on any atom is 0.105 e. The van der Waals surface area contributed by atoms with Crippen LogP contribution in [0.3, 0.4) is 0 Å². The molecule has 2 aromatic carbocycles. The summed E-state index contributed by atoms with van der Waals surface area (Å²) in [6, 6.07) is 18.9. The van der Waals surface area contributed by atoms with Gasteiger partial charge in [0.1, 0.15) is 4.87 Å². The topological polar surface area (TPSA) is 25.2 Å². The van der Waals surface area contributed by atoms with Crippen molar-refractivity contribution in [3.05, 3.63) is 71.9 Å². The number of benzene rings is 2. The van der Waals surface area contributed by atoms with Gasteiger partial charge in [0.05, 0.1) is 11.2 Å². The zero-order valence-electron chi connectivity index (χ0n) is 12.6. The summed E-state index contributed by atoms with van der Waals surface area (Å²) >= 11 is 1.81. The second kappa shape index (κ2) is 4.96. The molecule has 0 N–H and O–H groups in total. The third-order valence-electron chi connectivity index (χ3n) is 3.75. The maximum absolute atomic E-state index is 4.97. The van der Waals surface area contributed by atoms with Gasteiger partial charge in [0.15, 0.2) is 0 Å². The highest BCUT2D eigenvalue weighted by Crippen LogP contribution is 2.41. The molecule has 1 aromatic heterocycles. The van der Waals surface area contributed by atoms with Gasteiger partial charge in [-0.05, 0) is 32.0 Å². The number of pyridine rings is 1. The summed E-state index contributed by atoms with van der Waals surface area (Å²) in [5.41, 5.74) is 4.34. The normalized spacial score (nSPS) is 16.2. The van der Waals surface area contributed by atoms with Gasteiger partial charge >= 0.3 is 0 Å². The number of thioether (sulfide) groups is 1. The lowest BCUT2D eigenvalue weighted by molar-refractivity contribution is 0.755. The number of aromatic nitrogens is 1. The van der Waals surface area contributed by atoms with Crippen LogP contribution < -0.4 is 0 Å². The van der Waals surface area contributed by atoms with Gasteiger partial charge in [-0.3, -0.25) is 9.98 Å². The molecule has 0 atom stereocenters. The molecule has 22 heavy (non-hydrogen) atoms. The van der Waals surface area contributed by atoms with Gasteiger partial charge in [-0.1, -0.05) is 48.2 Å². The fourth-order valence-corrected chi connectivity index (χ4v) is 3.89. The van der Waals surface area contributed by atoms with Crippen LogP contribution in [0, 0.1) is 0 Å². The van der Waals surface area contributed by atoms with Crippen LogP contribution in [0.2, 0.25) is 0 Å². The number of hydrogen-bond donors (Lipinski definition) is 0. The average Bonchev–Trinajstić information content (AvgIpc) is 2.53. The molecular formula is C19H16N2S. The van der Waals surface area contributed by atoms with Crippen molar-refractivity contribution in [2.45, 2.75) is 23.6 Å². The molecule has 0 unspecified atom stereocenters. The van der Waals surface area contributed by atoms with Crippen molar-refractivity contribution in [1.82, 2.24) is 4.98 Å². The zero-order valence-corrected chi connectivity index (χ0v) is 13.4. The standard InChI is InChI=1S/C19H16N2S/c1-19(2)21-18(15-8-4-6-10-17(15)22-19)14-11-13-7-3-5-9-16(13)20-12-14/h3-12H,1-2H3. The Morgan fingerprint density at radius 2 is 1.73 bits per heavy atom. The molecule has 0 fully saturated rings. The van der Waals surface area contributed by atoms with Gasteiger partial charge in [0.2, 0.25) is 0 Å². The number of hydrogen-bond acceptors (Lipinski definition) is 3. The molecule has 3 heteroatoms. The lowest BCUT2D eigenvalue weighted by Crippen LogP contribution is -2.22. The summed E-state index contributed by atoms with van der Waals surface area (Å²) in [7, 11) is 0. The summed E-state index contributed by atoms with van der Waals surface area (Å²) in [6.07, 6.45) is 1.93. The SMILES string of the molecule is CC1(C)N=C(c2cnc3ccccc3c2)c2ccccc2S1. The summed E-state index contributed by atoms with van der Waals surface area (Å²) in [5.74, 6) is 0. The van der Waals surface area contributed by atoms with Crippen LogP contribution in [0.25, 0.3) is 10.9 Å². The minimum atomic E-state index is -0.157. The van der Waals surface area contributed by atoms with E-state index in [4.69, 9.17) is 4.99 Å². The van der Waals surface area contributed by atoms with E-state index in [1.807, 2.05) is 36.2 Å². The highest BCUT2D eigenvalue weighted by atomic mass is 32.2. The van der Waals surface area contributed by atoms with E-state index in [-0.39, 0.29) is 4.87 Å². The summed E-state index contributed by atoms with van der Waals surface area (Å²) < 4.78 is 0. The zero-order chi connectivity index (χ0) is 15.2. The Bertz CT molecular complexity index is 897. The van der Waals surface area contributed by atoms with Crippen molar-refractivity contribution in [2.75, 3.05) is 0 Å². The fraction of sp³-hybridized carbons (Fsp3) is 0.158. The predicted molar refractivity (Wildman–Crippen MR) is 93.8 cm³/mol. The lowest BCUT2D eigenvalue weighted by atomic mass is 10.0. The van der Waals surface area contributed by atoms with Crippen LogP contribution in [0.15, 0.2) is 70.7 Å². The van der Waals surface area contributed by atoms with Crippen LogP contribution in [-0.4, -0.2) is 15.6 Å². The van der Waals surface area contributed by atoms with Crippen molar-refractivity contribution in [1.29, 1.82) is 0 Å². The molecule has 0 spiro atoms. The number of aliphatic imine (C=N–C) groups is 1. The number of fused-ring (bicyclic) bond motifs is 2. The van der Waals surface area contributed by atoms with Crippen molar-refractivity contribution in [3.8, 4) is 0 Å². The molecule has 2 nitrogen and oxygen atoms in total. The predicted octanol–water partition coefficient (Wildman–Crippen LogP) is 4.91. The number of rotatable bonds is 1. The van der Waals surface area contributed by atoms with E-state index in [9.17, 15) is 0 Å². The molecule has 2 heterocycles. The van der Waals surface area contributed by atoms with Gasteiger partial charge in [-0.25, -0.2) is 0 Å². The Hall–Kier alpha value is -2.13. The third-order valence-corrected chi connectivity index (χ3v) is 4.91. The van der Waals surface area contributed by atoms with Crippen molar-refractivity contribution in [2.24, 2.45) is 4.99 Å². The quantitative estimate of drug-likeness (QED) is 0.638. The average molecular weight is 304 g/mol. The van der Waals surface area contributed by atoms with Crippen LogP contribution >= 0.6 is 11.8 Å². The maximum atomic E-state index is 4.97. The van der Waals surface area contributed by atoms with Crippen LogP contribution in [0.5, 0.6) is 0 Å². The molecule has 1 aliphatic heterocycles. The van der Waals surface area contributed by atoms with Crippen molar-refractivity contribution in [3.63, 3.8) is 0 Å². The van der Waals surface area contributed by atoms with Crippen LogP contribution in [-0.2, 0) is 0 Å². The molecule has 3 aromatic rings. The summed E-state index contributed by atoms with van der Waals surface area (Å²) in [6.45, 7) is 4.31. The Labute approximate surface area is 134 Å². The van der Waals surface area contributed by atoms with E-state index >= 15 is 0 Å². The van der Waals surface area contributed by atoms with E-state index in [1.54, 1.807) is 0 Å². The first-order chi connectivity index (χ1) is 10.6. The van der Waals surface area contributed by atoms with E-state index in [2.05, 4.69) is 55.2 Å². The Kier molecular flexibility index (Phi) is 3.05. The molecule has 0 saturated carbocycles. The minimum Gasteiger partial charge on any atom is -0.267 e. The number of nitrogens with zero attached hydrogens (tertiary/aromatic N) is 2. The molecular weight excluding hydrogens is 288 g/mol. The van der Waals surface area contributed by atoms with Crippen molar-refractivity contribution < 1.29 is 0 Å². The van der Waals surface area contributed by atoms with Crippen LogP contribution in [0.1, 0.15) is 25.0 Å². The Balaban J connectivity index is 1.93. The van der Waals surface area contributed by atoms with Gasteiger partial charge in [0.25, 0.3) is 0 Å². The van der Waals surface area contributed by atoms with E-state index < -0.39 is 0 Å². The molecule has 0 radical (unpaired) electrons. The molecule has 4 rings (SSSR count). The smallest absolute Gasteiger partial charge is 0.105 e. The van der Waals surface area contributed by atoms with Crippen molar-refractivity contribution >= 4 is 28.4 Å². The first kappa shape index (κ1) is 13.5. The fourth-order valence-electron chi connectivity index (χ4n) is 2.79. The molecule has 0 amide bonds. The van der Waals surface area contributed by atoms with Gasteiger partial charge < -0.3 is 0 Å². The molecule has 0 aliphatic carbocycles. The first-order valence-corrected chi connectivity index (χ1v) is 8.17. The highest BCUT2D eigenvalue weighted by molar-refractivity contribution is 8.00. The molecule has 1 aliphatic rings. The van der Waals surface area contributed by atoms with Crippen LogP contribution in [0.4, 0.5) is 0 Å². The van der Waals surface area contributed by atoms with Gasteiger partial charge in [0, 0.05) is 27.6 Å². The first-order valence-electron chi connectivity index (χ1n) is 7.36. The van der Waals surface area contributed by atoms with Gasteiger partial charge in [-0.2, -0.15) is 0 Å². The minimum absolute atomic E-state index is 0.157. The summed E-state index contributed by atoms with van der Waals surface area (Å²) in [4.78, 5) is 10.7.